The number of hydrogen-bond acceptors (Lipinski definition) is 3. The number of aliphatic hydroxyl groups excluding tert-OH is 1. The summed E-state index contributed by atoms with van der Waals surface area (Å²) >= 11 is 0. The van der Waals surface area contributed by atoms with Gasteiger partial charge in [0.05, 0.1) is 14.2 Å². The zero-order valence-electron chi connectivity index (χ0n) is 16.5. The minimum absolute atomic E-state index is 0.561. The molecule has 0 radical (unpaired) electrons. The summed E-state index contributed by atoms with van der Waals surface area (Å²) in [4.78, 5) is 0. The summed E-state index contributed by atoms with van der Waals surface area (Å²) in [6, 6.07) is 17.9. The lowest BCUT2D eigenvalue weighted by molar-refractivity contribution is 0.213. The minimum atomic E-state index is -0.827. The monoisotopic (exact) mass is 362 g/mol. The van der Waals surface area contributed by atoms with Crippen molar-refractivity contribution in [2.24, 2.45) is 0 Å². The molecule has 0 saturated heterocycles. The van der Waals surface area contributed by atoms with Crippen LogP contribution in [0.15, 0.2) is 54.6 Å². The van der Waals surface area contributed by atoms with Crippen LogP contribution < -0.4 is 9.47 Å². The van der Waals surface area contributed by atoms with Crippen molar-refractivity contribution in [3.8, 4) is 22.6 Å². The molecule has 0 heterocycles. The van der Waals surface area contributed by atoms with Crippen molar-refractivity contribution < 1.29 is 14.6 Å². The number of benzene rings is 3. The van der Waals surface area contributed by atoms with Crippen LogP contribution in [0.4, 0.5) is 0 Å². The average Bonchev–Trinajstić information content (AvgIpc) is 2.66. The SMILES string of the molecule is COc1ccc(-c2c(C)cc(C)cc2C)c(C(O)c2ccccc2)c1OC. The van der Waals surface area contributed by atoms with Crippen LogP contribution in [0.1, 0.15) is 33.9 Å². The molecule has 3 aromatic carbocycles. The first kappa shape index (κ1) is 19.0. The van der Waals surface area contributed by atoms with Crippen molar-refractivity contribution in [1.29, 1.82) is 0 Å². The van der Waals surface area contributed by atoms with Crippen molar-refractivity contribution in [3.63, 3.8) is 0 Å². The van der Waals surface area contributed by atoms with Gasteiger partial charge in [0.25, 0.3) is 0 Å². The van der Waals surface area contributed by atoms with Gasteiger partial charge in [-0.25, -0.2) is 0 Å². The molecule has 0 aliphatic heterocycles. The number of ether oxygens (including phenoxy) is 2. The van der Waals surface area contributed by atoms with Gasteiger partial charge in [0, 0.05) is 5.56 Å². The molecule has 0 bridgehead atoms. The summed E-state index contributed by atoms with van der Waals surface area (Å²) in [6.07, 6.45) is -0.827. The van der Waals surface area contributed by atoms with E-state index in [1.807, 2.05) is 42.5 Å². The van der Waals surface area contributed by atoms with E-state index in [0.29, 0.717) is 11.5 Å². The van der Waals surface area contributed by atoms with E-state index in [9.17, 15) is 5.11 Å². The van der Waals surface area contributed by atoms with Crippen LogP contribution >= 0.6 is 0 Å². The Bertz CT molecular complexity index is 922. The lowest BCUT2D eigenvalue weighted by Crippen LogP contribution is -2.07. The minimum Gasteiger partial charge on any atom is -0.493 e. The van der Waals surface area contributed by atoms with E-state index >= 15 is 0 Å². The molecule has 0 aliphatic carbocycles. The highest BCUT2D eigenvalue weighted by Gasteiger charge is 2.25. The molecule has 3 rings (SSSR count). The van der Waals surface area contributed by atoms with Gasteiger partial charge in [-0.1, -0.05) is 54.1 Å². The van der Waals surface area contributed by atoms with Crippen LogP contribution in [0.25, 0.3) is 11.1 Å². The zero-order valence-corrected chi connectivity index (χ0v) is 16.5. The highest BCUT2D eigenvalue weighted by Crippen LogP contribution is 2.45. The molecule has 0 saturated carbocycles. The van der Waals surface area contributed by atoms with Crippen molar-refractivity contribution in [2.75, 3.05) is 14.2 Å². The summed E-state index contributed by atoms with van der Waals surface area (Å²) < 4.78 is 11.2. The van der Waals surface area contributed by atoms with Gasteiger partial charge in [-0.2, -0.15) is 0 Å². The summed E-state index contributed by atoms with van der Waals surface area (Å²) in [5.41, 5.74) is 7.17. The molecule has 1 N–H and O–H groups in total. The van der Waals surface area contributed by atoms with E-state index in [0.717, 1.165) is 22.3 Å². The van der Waals surface area contributed by atoms with Crippen LogP contribution in [-0.2, 0) is 0 Å². The molecule has 3 aromatic rings. The number of rotatable bonds is 5. The highest BCUT2D eigenvalue weighted by atomic mass is 16.5. The average molecular weight is 362 g/mol. The Kier molecular flexibility index (Phi) is 5.52. The van der Waals surface area contributed by atoms with Gasteiger partial charge in [-0.15, -0.1) is 0 Å². The Labute approximate surface area is 161 Å². The fraction of sp³-hybridized carbons (Fsp3) is 0.250. The van der Waals surface area contributed by atoms with Crippen LogP contribution in [0.2, 0.25) is 0 Å². The Morgan fingerprint density at radius 2 is 1.44 bits per heavy atom. The first-order chi connectivity index (χ1) is 13.0. The van der Waals surface area contributed by atoms with E-state index in [4.69, 9.17) is 9.47 Å². The van der Waals surface area contributed by atoms with Crippen LogP contribution in [0.5, 0.6) is 11.5 Å². The highest BCUT2D eigenvalue weighted by molar-refractivity contribution is 5.78. The number of methoxy groups -OCH3 is 2. The molecule has 3 heteroatoms. The second-order valence-electron chi connectivity index (χ2n) is 6.85. The maximum Gasteiger partial charge on any atom is 0.167 e. The number of aryl methyl sites for hydroxylation is 3. The van der Waals surface area contributed by atoms with Gasteiger partial charge in [0.1, 0.15) is 6.10 Å². The molecule has 27 heavy (non-hydrogen) atoms. The fourth-order valence-corrected chi connectivity index (χ4v) is 3.85. The van der Waals surface area contributed by atoms with E-state index in [1.54, 1.807) is 14.2 Å². The van der Waals surface area contributed by atoms with Gasteiger partial charge < -0.3 is 14.6 Å². The normalized spacial score (nSPS) is 11.9. The van der Waals surface area contributed by atoms with Crippen LogP contribution in [0, 0.1) is 20.8 Å². The topological polar surface area (TPSA) is 38.7 Å². The maximum atomic E-state index is 11.3. The molecular formula is C24H26O3. The Hall–Kier alpha value is -2.78. The van der Waals surface area contributed by atoms with Crippen molar-refractivity contribution in [3.05, 3.63) is 82.4 Å². The quantitative estimate of drug-likeness (QED) is 0.662. The molecule has 0 fully saturated rings. The Morgan fingerprint density at radius 3 is 2.00 bits per heavy atom. The smallest absolute Gasteiger partial charge is 0.167 e. The Morgan fingerprint density at radius 1 is 0.815 bits per heavy atom. The molecule has 0 aliphatic rings. The largest absolute Gasteiger partial charge is 0.493 e. The van der Waals surface area contributed by atoms with Gasteiger partial charge in [0.15, 0.2) is 11.5 Å². The molecule has 0 amide bonds. The van der Waals surface area contributed by atoms with Gasteiger partial charge >= 0.3 is 0 Å². The lowest BCUT2D eigenvalue weighted by Gasteiger charge is -2.23. The van der Waals surface area contributed by atoms with Crippen molar-refractivity contribution in [1.82, 2.24) is 0 Å². The van der Waals surface area contributed by atoms with Crippen molar-refractivity contribution >= 4 is 0 Å². The third-order valence-corrected chi connectivity index (χ3v) is 4.92. The van der Waals surface area contributed by atoms with E-state index in [-0.39, 0.29) is 0 Å². The molecule has 1 unspecified atom stereocenters. The number of hydrogen-bond donors (Lipinski definition) is 1. The number of aliphatic hydroxyl groups is 1. The maximum absolute atomic E-state index is 11.3. The summed E-state index contributed by atoms with van der Waals surface area (Å²) in [5.74, 6) is 1.17. The van der Waals surface area contributed by atoms with Gasteiger partial charge in [0.2, 0.25) is 0 Å². The van der Waals surface area contributed by atoms with E-state index < -0.39 is 6.10 Å². The third kappa shape index (κ3) is 3.56. The second kappa shape index (κ2) is 7.85. The Balaban J connectivity index is 2.33. The van der Waals surface area contributed by atoms with Crippen LogP contribution in [-0.4, -0.2) is 19.3 Å². The molecule has 140 valence electrons. The molecule has 1 atom stereocenters. The zero-order chi connectivity index (χ0) is 19.6. The molecular weight excluding hydrogens is 336 g/mol. The van der Waals surface area contributed by atoms with E-state index in [1.165, 1.54) is 16.7 Å². The molecule has 3 nitrogen and oxygen atoms in total. The first-order valence-electron chi connectivity index (χ1n) is 9.04. The predicted octanol–water partition coefficient (Wildman–Crippen LogP) is 5.38. The first-order valence-corrected chi connectivity index (χ1v) is 9.04. The molecule has 0 aromatic heterocycles. The third-order valence-electron chi connectivity index (χ3n) is 4.92. The summed E-state index contributed by atoms with van der Waals surface area (Å²) in [6.45, 7) is 6.30. The van der Waals surface area contributed by atoms with Crippen LogP contribution in [0.3, 0.4) is 0 Å². The second-order valence-corrected chi connectivity index (χ2v) is 6.85. The van der Waals surface area contributed by atoms with Crippen molar-refractivity contribution in [2.45, 2.75) is 26.9 Å². The summed E-state index contributed by atoms with van der Waals surface area (Å²) in [5, 5.41) is 11.3. The fourth-order valence-electron chi connectivity index (χ4n) is 3.85. The standard InChI is InChI=1S/C24H26O3/c1-15-13-16(2)21(17(3)14-15)19-11-12-20(26-4)24(27-5)22(19)23(25)18-9-7-6-8-10-18/h6-14,23,25H,1-5H3. The van der Waals surface area contributed by atoms with Gasteiger partial charge in [-0.3, -0.25) is 0 Å². The van der Waals surface area contributed by atoms with Gasteiger partial charge in [-0.05, 0) is 54.7 Å². The predicted molar refractivity (Wildman–Crippen MR) is 110 cm³/mol. The lowest BCUT2D eigenvalue weighted by atomic mass is 9.87. The summed E-state index contributed by atoms with van der Waals surface area (Å²) in [7, 11) is 3.22. The molecule has 0 spiro atoms. The van der Waals surface area contributed by atoms with E-state index in [2.05, 4.69) is 32.9 Å².